The van der Waals surface area contributed by atoms with Gasteiger partial charge in [-0.05, 0) is 296 Å². The molecule has 0 saturated heterocycles. The van der Waals surface area contributed by atoms with Crippen LogP contribution in [0.5, 0.6) is 0 Å². The van der Waals surface area contributed by atoms with Crippen LogP contribution in [0.15, 0.2) is 223 Å². The summed E-state index contributed by atoms with van der Waals surface area (Å²) in [6.07, 6.45) is 55.6. The van der Waals surface area contributed by atoms with E-state index in [1.807, 2.05) is 68.0 Å². The number of hydrogen-bond donors (Lipinski definition) is 0. The molecule has 6 heterocycles. The Balaban J connectivity index is 0.877. The fraction of sp³-hybridized carbons (Fsp3) is 0.345. The van der Waals surface area contributed by atoms with Crippen LogP contribution in [0.3, 0.4) is 0 Å². The van der Waals surface area contributed by atoms with E-state index in [2.05, 4.69) is 318 Å². The van der Waals surface area contributed by atoms with Crippen molar-refractivity contribution in [2.45, 2.75) is 250 Å². The van der Waals surface area contributed by atoms with Gasteiger partial charge in [0.1, 0.15) is 0 Å². The van der Waals surface area contributed by atoms with Crippen molar-refractivity contribution in [2.24, 2.45) is 0 Å². The molecule has 0 atom stereocenters. The first-order valence-corrected chi connectivity index (χ1v) is 51.1. The van der Waals surface area contributed by atoms with E-state index in [0.29, 0.717) is 0 Å². The van der Waals surface area contributed by atoms with E-state index < -0.39 is 0 Å². The molecule has 16 rings (SSSR count). The van der Waals surface area contributed by atoms with Crippen LogP contribution in [-0.4, -0.2) is 0 Å². The largest absolute Gasteiger partial charge is 0.311 e. The molecule has 3 aliphatic rings. The van der Waals surface area contributed by atoms with Crippen LogP contribution in [0, 0.1) is 0 Å². The van der Waals surface area contributed by atoms with E-state index in [9.17, 15) is 0 Å². The zero-order valence-corrected chi connectivity index (χ0v) is 77.0. The van der Waals surface area contributed by atoms with E-state index in [1.54, 1.807) is 66.8 Å². The van der Waals surface area contributed by atoms with Gasteiger partial charge in [-0.1, -0.05) is 299 Å². The molecule has 7 aromatic carbocycles. The minimum absolute atomic E-state index is 0.199. The lowest BCUT2D eigenvalue weighted by atomic mass is 9.63. The van der Waals surface area contributed by atoms with Crippen LogP contribution < -0.4 is 4.90 Å². The van der Waals surface area contributed by atoms with Crippen molar-refractivity contribution in [3.05, 3.63) is 296 Å². The molecule has 1 nitrogen and oxygen atoms in total. The summed E-state index contributed by atoms with van der Waals surface area (Å²) >= 11 is 11.4. The van der Waals surface area contributed by atoms with Crippen molar-refractivity contribution in [3.8, 4) is 64.7 Å². The van der Waals surface area contributed by atoms with E-state index in [-0.39, 0.29) is 16.2 Å². The predicted molar refractivity (Wildman–Crippen MR) is 537 cm³/mol. The maximum Gasteiger partial charge on any atom is 0.0462 e. The van der Waals surface area contributed by atoms with E-state index in [1.165, 1.54) is 264 Å². The van der Waals surface area contributed by atoms with Crippen molar-refractivity contribution in [2.75, 3.05) is 4.90 Å². The Morgan fingerprint density at radius 2 is 0.542 bits per heavy atom. The maximum atomic E-state index is 2.83. The lowest BCUT2D eigenvalue weighted by molar-refractivity contribution is 0.389. The molecular formula is C113H123NS6. The normalized spacial score (nSPS) is 14.0. The van der Waals surface area contributed by atoms with Gasteiger partial charge in [0.05, 0.1) is 0 Å². The number of anilines is 3. The average molecular weight is 1690 g/mol. The molecule has 0 radical (unpaired) electrons. The Labute approximate surface area is 743 Å². The van der Waals surface area contributed by atoms with Gasteiger partial charge < -0.3 is 4.90 Å². The molecule has 6 aromatic heterocycles. The number of thiophene rings is 6. The molecule has 0 aliphatic heterocycles. The van der Waals surface area contributed by atoms with Crippen LogP contribution in [0.1, 0.15) is 307 Å². The molecule has 0 amide bonds. The minimum atomic E-state index is -0.212. The number of nitrogens with zero attached hydrogens (tertiary/aromatic N) is 1. The van der Waals surface area contributed by atoms with Crippen LogP contribution in [0.25, 0.3) is 113 Å². The zero-order valence-electron chi connectivity index (χ0n) is 72.1. The fourth-order valence-electron chi connectivity index (χ4n) is 20.5. The Morgan fingerprint density at radius 3 is 0.850 bits per heavy atom. The van der Waals surface area contributed by atoms with Crippen LogP contribution >= 0.6 is 68.0 Å². The zero-order chi connectivity index (χ0) is 82.1. The molecule has 13 aromatic rings. The van der Waals surface area contributed by atoms with Crippen molar-refractivity contribution in [3.63, 3.8) is 0 Å². The number of hydrogen-bond acceptors (Lipinski definition) is 7. The molecular weight excluding hydrogens is 1560 g/mol. The molecule has 7 heteroatoms. The monoisotopic (exact) mass is 1690 g/mol. The summed E-state index contributed by atoms with van der Waals surface area (Å²) in [7, 11) is 0. The molecule has 0 spiro atoms. The molecule has 616 valence electrons. The summed E-state index contributed by atoms with van der Waals surface area (Å²) in [4.78, 5) is 15.5. The van der Waals surface area contributed by atoms with Gasteiger partial charge in [-0.3, -0.25) is 0 Å². The maximum absolute atomic E-state index is 2.83. The molecule has 0 bridgehead atoms. The standard InChI is InChI=1S/C113H123NS6/c1-7-13-19-31-71-111(72-32-20-14-8-2)100-80-84(103-69-63-94(119-103)57-55-90-44-38-78-116-90)49-66-97(100)106-108(111)105-96-65-48-83(102-68-62-93(118-102)56-54-89-43-37-77-115-89)79-99(96)112(73-33-21-15-9-3,74-34-22-16-10-4)109(105)107-98-67-50-85(81-101(98)113(110(106)107,75-35-23-17-11-5)76-36-24-18-12-6)104-70-64-95(120-104)61-60-92-59-58-91(117-92)53-47-82-45-51-88(52-46-82)114(86-39-27-25-28-40-86)87-41-29-26-30-42-87/h25-30,37-70,77-81H,7-24,31-36,71-76H2,1-6H3/b53-47+,56-54+,57-55+,61-60+. The van der Waals surface area contributed by atoms with Gasteiger partial charge in [-0.2, -0.15) is 0 Å². The third-order valence-electron chi connectivity index (χ3n) is 26.4. The smallest absolute Gasteiger partial charge is 0.0462 e. The third-order valence-corrected chi connectivity index (χ3v) is 32.4. The lowest BCUT2D eigenvalue weighted by Crippen LogP contribution is -2.31. The van der Waals surface area contributed by atoms with Crippen LogP contribution in [0.4, 0.5) is 17.1 Å². The first kappa shape index (κ1) is 85.1. The Hall–Kier alpha value is -8.50. The summed E-state index contributed by atoms with van der Waals surface area (Å²) < 4.78 is 0. The van der Waals surface area contributed by atoms with Crippen LogP contribution in [0.2, 0.25) is 0 Å². The Bertz CT molecular complexity index is 5440. The van der Waals surface area contributed by atoms with Crippen LogP contribution in [-0.2, 0) is 16.2 Å². The van der Waals surface area contributed by atoms with Gasteiger partial charge in [0.15, 0.2) is 0 Å². The van der Waals surface area contributed by atoms with Crippen molar-refractivity contribution in [1.29, 1.82) is 0 Å². The van der Waals surface area contributed by atoms with E-state index >= 15 is 0 Å². The number of unbranched alkanes of at least 4 members (excludes halogenated alkanes) is 18. The van der Waals surface area contributed by atoms with Gasteiger partial charge in [0.2, 0.25) is 0 Å². The third kappa shape index (κ3) is 18.4. The summed E-state index contributed by atoms with van der Waals surface area (Å²) in [5.41, 5.74) is 28.0. The minimum Gasteiger partial charge on any atom is -0.311 e. The second-order valence-electron chi connectivity index (χ2n) is 34.4. The average Bonchev–Trinajstić information content (AvgIpc) is 1.48. The number of rotatable bonds is 44. The van der Waals surface area contributed by atoms with E-state index in [0.717, 1.165) is 17.1 Å². The second kappa shape index (κ2) is 40.7. The lowest BCUT2D eigenvalue weighted by Gasteiger charge is -2.40. The highest BCUT2D eigenvalue weighted by Gasteiger charge is 2.58. The molecule has 120 heavy (non-hydrogen) atoms. The molecule has 0 unspecified atom stereocenters. The fourth-order valence-corrected chi connectivity index (χ4v) is 25.3. The highest BCUT2D eigenvalue weighted by Crippen LogP contribution is 2.72. The number of benzene rings is 7. The second-order valence-corrected chi connectivity index (χ2v) is 40.9. The summed E-state index contributed by atoms with van der Waals surface area (Å²) in [6, 6.07) is 82.7. The topological polar surface area (TPSA) is 3.24 Å². The highest BCUT2D eigenvalue weighted by atomic mass is 32.1. The van der Waals surface area contributed by atoms with Gasteiger partial charge >= 0.3 is 0 Å². The molecule has 0 N–H and O–H groups in total. The number of fused-ring (bicyclic) bond motifs is 12. The van der Waals surface area contributed by atoms with Crippen molar-refractivity contribution >= 4 is 134 Å². The SMILES string of the molecule is CCCCCCC1(CCCCCC)c2cc(-c3ccc(/C=C/c4cccs4)s3)ccc2-c2c1c1c(c3c2C(CCCCCC)(CCCCCC)c2cc(-c4ccc(/C=C/c5ccc(/C=C/c6ccc(N(c7ccccc7)c7ccccc7)cc6)s5)s4)ccc2-3)C(CCCCCC)(CCCCCC)c2cc(-c3ccc(/C=C/c4cccs4)s3)ccc2-1. The van der Waals surface area contributed by atoms with Gasteiger partial charge in [0.25, 0.3) is 0 Å². The quantitative estimate of drug-likeness (QED) is 0.0344. The van der Waals surface area contributed by atoms with Crippen molar-refractivity contribution in [1.82, 2.24) is 0 Å². The first-order chi connectivity index (χ1) is 59.2. The highest BCUT2D eigenvalue weighted by molar-refractivity contribution is 7.17. The molecule has 3 aliphatic carbocycles. The Morgan fingerprint density at radius 1 is 0.250 bits per heavy atom. The summed E-state index contributed by atoms with van der Waals surface area (Å²) in [5.74, 6) is 0. The van der Waals surface area contributed by atoms with E-state index in [4.69, 9.17) is 0 Å². The first-order valence-electron chi connectivity index (χ1n) is 46.1. The van der Waals surface area contributed by atoms with Crippen molar-refractivity contribution < 1.29 is 0 Å². The summed E-state index contributed by atoms with van der Waals surface area (Å²) in [5, 5.41) is 4.39. The molecule has 0 saturated carbocycles. The summed E-state index contributed by atoms with van der Waals surface area (Å²) in [6.45, 7) is 14.5. The van der Waals surface area contributed by atoms with Gasteiger partial charge in [-0.25, -0.2) is 0 Å². The van der Waals surface area contributed by atoms with Gasteiger partial charge in [-0.15, -0.1) is 68.0 Å². The van der Waals surface area contributed by atoms with Gasteiger partial charge in [0, 0.05) is 82.1 Å². The number of para-hydroxylation sites is 2. The molecule has 0 fully saturated rings. The Kier molecular flexibility index (Phi) is 28.8. The predicted octanol–water partition coefficient (Wildman–Crippen LogP) is 37.8.